The van der Waals surface area contributed by atoms with Gasteiger partial charge in [0.15, 0.2) is 0 Å². The highest BCUT2D eigenvalue weighted by molar-refractivity contribution is 7.92. The molecule has 0 aliphatic heterocycles. The van der Waals surface area contributed by atoms with E-state index in [1.54, 1.807) is 19.1 Å². The van der Waals surface area contributed by atoms with Crippen molar-refractivity contribution in [3.8, 4) is 0 Å². The molecule has 238 valence electrons. The summed E-state index contributed by atoms with van der Waals surface area (Å²) in [6, 6.07) is 13.2. The van der Waals surface area contributed by atoms with Crippen molar-refractivity contribution >= 4 is 62.3 Å². The van der Waals surface area contributed by atoms with Crippen LogP contribution in [0, 0.1) is 0 Å². The SMILES string of the molecule is CCCCNC(=O)[C@@H](CC)N(Cc1ccc(Cl)c(Cl)c1)C(=O)CN(c1ccc(Cl)c(C(F)(F)F)c1)S(=O)(=O)c1ccccc1. The van der Waals surface area contributed by atoms with Crippen molar-refractivity contribution in [3.63, 3.8) is 0 Å². The number of rotatable bonds is 13. The van der Waals surface area contributed by atoms with Gasteiger partial charge in [0.2, 0.25) is 11.8 Å². The zero-order chi connectivity index (χ0) is 32.7. The third-order valence-electron chi connectivity index (χ3n) is 6.71. The number of halogens is 6. The summed E-state index contributed by atoms with van der Waals surface area (Å²) in [7, 11) is -4.58. The molecule has 0 aliphatic carbocycles. The molecule has 0 aromatic heterocycles. The maximum atomic E-state index is 14.1. The van der Waals surface area contributed by atoms with Crippen molar-refractivity contribution in [2.45, 2.75) is 56.8 Å². The molecule has 0 aliphatic rings. The largest absolute Gasteiger partial charge is 0.417 e. The van der Waals surface area contributed by atoms with Gasteiger partial charge in [-0.2, -0.15) is 13.2 Å². The van der Waals surface area contributed by atoms with E-state index in [-0.39, 0.29) is 27.9 Å². The fourth-order valence-electron chi connectivity index (χ4n) is 4.39. The van der Waals surface area contributed by atoms with Crippen molar-refractivity contribution in [1.29, 1.82) is 0 Å². The van der Waals surface area contributed by atoms with Crippen molar-refractivity contribution in [1.82, 2.24) is 10.2 Å². The van der Waals surface area contributed by atoms with E-state index in [0.717, 1.165) is 18.6 Å². The molecule has 0 heterocycles. The average Bonchev–Trinajstić information content (AvgIpc) is 2.97. The molecular formula is C30H31Cl3F3N3O4S. The lowest BCUT2D eigenvalue weighted by atomic mass is 10.1. The van der Waals surface area contributed by atoms with E-state index < -0.39 is 56.9 Å². The van der Waals surface area contributed by atoms with Crippen molar-refractivity contribution in [3.05, 3.63) is 92.9 Å². The summed E-state index contributed by atoms with van der Waals surface area (Å²) in [5.41, 5.74) is -1.21. The number of amides is 2. The number of nitrogens with one attached hydrogen (secondary N) is 1. The predicted molar refractivity (Wildman–Crippen MR) is 166 cm³/mol. The molecule has 0 bridgehead atoms. The van der Waals surface area contributed by atoms with Crippen molar-refractivity contribution in [2.24, 2.45) is 0 Å². The lowest BCUT2D eigenvalue weighted by Gasteiger charge is -2.33. The Bertz CT molecular complexity index is 1570. The number of anilines is 1. The first kappa shape index (κ1) is 35.5. The molecule has 0 fully saturated rings. The Kier molecular flexibility index (Phi) is 12.4. The Morgan fingerprint density at radius 3 is 2.16 bits per heavy atom. The molecule has 2 amide bonds. The first-order valence-corrected chi connectivity index (χ1v) is 16.2. The van der Waals surface area contributed by atoms with E-state index in [1.807, 2.05) is 6.92 Å². The highest BCUT2D eigenvalue weighted by atomic mass is 35.5. The first-order chi connectivity index (χ1) is 20.7. The standard InChI is InChI=1S/C30H31Cl3F3N3O4S/c1-3-5-15-37-29(41)27(4-2)38(18-20-11-13-25(32)26(33)16-20)28(40)19-39(44(42,43)22-9-7-6-8-10-22)21-12-14-24(31)23(17-21)30(34,35)36/h6-14,16-17,27H,3-5,15,18-19H2,1-2H3,(H,37,41)/t27-/m1/s1. The van der Waals surface area contributed by atoms with Gasteiger partial charge in [0.05, 0.1) is 31.2 Å². The van der Waals surface area contributed by atoms with Crippen LogP contribution in [0.15, 0.2) is 71.6 Å². The predicted octanol–water partition coefficient (Wildman–Crippen LogP) is 7.58. The van der Waals surface area contributed by atoms with Crippen LogP contribution >= 0.6 is 34.8 Å². The van der Waals surface area contributed by atoms with Gasteiger partial charge < -0.3 is 10.2 Å². The van der Waals surface area contributed by atoms with E-state index in [1.165, 1.54) is 41.3 Å². The number of unbranched alkanes of at least 4 members (excludes halogenated alkanes) is 1. The molecule has 1 N–H and O–H groups in total. The minimum absolute atomic E-state index is 0.162. The number of nitrogens with zero attached hydrogens (tertiary/aromatic N) is 2. The second-order valence-corrected chi connectivity index (χ2v) is 12.9. The number of sulfonamides is 1. The first-order valence-electron chi connectivity index (χ1n) is 13.7. The van der Waals surface area contributed by atoms with E-state index in [4.69, 9.17) is 34.8 Å². The zero-order valence-electron chi connectivity index (χ0n) is 23.9. The second-order valence-electron chi connectivity index (χ2n) is 9.83. The van der Waals surface area contributed by atoms with Gasteiger partial charge in [-0.15, -0.1) is 0 Å². The van der Waals surface area contributed by atoms with Crippen LogP contribution in [0.4, 0.5) is 18.9 Å². The van der Waals surface area contributed by atoms with E-state index in [9.17, 15) is 31.2 Å². The summed E-state index contributed by atoms with van der Waals surface area (Å²) in [4.78, 5) is 28.3. The molecule has 3 aromatic carbocycles. The molecule has 1 atom stereocenters. The molecule has 7 nitrogen and oxygen atoms in total. The van der Waals surface area contributed by atoms with Crippen LogP contribution in [-0.4, -0.2) is 44.3 Å². The molecule has 3 aromatic rings. The number of hydrogen-bond donors (Lipinski definition) is 1. The van der Waals surface area contributed by atoms with Gasteiger partial charge in [-0.25, -0.2) is 8.42 Å². The molecule has 44 heavy (non-hydrogen) atoms. The number of hydrogen-bond acceptors (Lipinski definition) is 4. The summed E-state index contributed by atoms with van der Waals surface area (Å²) in [6.07, 6.45) is -3.22. The third kappa shape index (κ3) is 8.80. The number of carbonyl (C=O) groups is 2. The van der Waals surface area contributed by atoms with E-state index in [2.05, 4.69) is 5.32 Å². The van der Waals surface area contributed by atoms with E-state index in [0.29, 0.717) is 28.9 Å². The Labute approximate surface area is 269 Å². The summed E-state index contributed by atoms with van der Waals surface area (Å²) in [5, 5.41) is 2.62. The Morgan fingerprint density at radius 1 is 0.909 bits per heavy atom. The average molecular weight is 693 g/mol. The van der Waals surface area contributed by atoms with Gasteiger partial charge in [-0.1, -0.05) is 79.3 Å². The molecule has 0 saturated heterocycles. The highest BCUT2D eigenvalue weighted by Gasteiger charge is 2.37. The maximum Gasteiger partial charge on any atom is 0.417 e. The second kappa shape index (κ2) is 15.3. The smallest absolute Gasteiger partial charge is 0.354 e. The molecule has 3 rings (SSSR count). The summed E-state index contributed by atoms with van der Waals surface area (Å²) >= 11 is 18.0. The minimum atomic E-state index is -4.90. The Balaban J connectivity index is 2.13. The van der Waals surface area contributed by atoms with Gasteiger partial charge in [0, 0.05) is 13.1 Å². The van der Waals surface area contributed by atoms with Crippen molar-refractivity contribution < 1.29 is 31.2 Å². The van der Waals surface area contributed by atoms with Gasteiger partial charge in [-0.3, -0.25) is 13.9 Å². The van der Waals surface area contributed by atoms with Crippen LogP contribution < -0.4 is 9.62 Å². The van der Waals surface area contributed by atoms with Crippen molar-refractivity contribution in [2.75, 3.05) is 17.4 Å². The zero-order valence-corrected chi connectivity index (χ0v) is 27.0. The van der Waals surface area contributed by atoms with Crippen LogP contribution in [-0.2, 0) is 32.3 Å². The minimum Gasteiger partial charge on any atom is -0.354 e. The molecule has 0 unspecified atom stereocenters. The van der Waals surface area contributed by atoms with Gasteiger partial charge in [-0.05, 0) is 60.9 Å². The topological polar surface area (TPSA) is 86.8 Å². The van der Waals surface area contributed by atoms with E-state index >= 15 is 0 Å². The Hall–Kier alpha value is -2.99. The van der Waals surface area contributed by atoms with Crippen LogP contribution in [0.1, 0.15) is 44.2 Å². The fourth-order valence-corrected chi connectivity index (χ4v) is 6.37. The fraction of sp³-hybridized carbons (Fsp3) is 0.333. The van der Waals surface area contributed by atoms with Crippen LogP contribution in [0.2, 0.25) is 15.1 Å². The lowest BCUT2D eigenvalue weighted by Crippen LogP contribution is -2.52. The molecule has 0 saturated carbocycles. The summed E-state index contributed by atoms with van der Waals surface area (Å²) in [6.45, 7) is 2.91. The summed E-state index contributed by atoms with van der Waals surface area (Å²) in [5.74, 6) is -1.30. The molecule has 0 spiro atoms. The summed E-state index contributed by atoms with van der Waals surface area (Å²) < 4.78 is 69.6. The maximum absolute atomic E-state index is 14.1. The number of carbonyl (C=O) groups excluding carboxylic acids is 2. The number of alkyl halides is 3. The Morgan fingerprint density at radius 2 is 1.57 bits per heavy atom. The highest BCUT2D eigenvalue weighted by Crippen LogP contribution is 2.38. The normalized spacial score (nSPS) is 12.5. The monoisotopic (exact) mass is 691 g/mol. The van der Waals surface area contributed by atoms with Crippen LogP contribution in [0.3, 0.4) is 0 Å². The quantitative estimate of drug-likeness (QED) is 0.187. The number of benzene rings is 3. The van der Waals surface area contributed by atoms with Gasteiger partial charge in [0.1, 0.15) is 12.6 Å². The van der Waals surface area contributed by atoms with Gasteiger partial charge in [0.25, 0.3) is 10.0 Å². The van der Waals surface area contributed by atoms with Crippen LogP contribution in [0.5, 0.6) is 0 Å². The lowest BCUT2D eigenvalue weighted by molar-refractivity contribution is -0.140. The molecule has 14 heteroatoms. The van der Waals surface area contributed by atoms with Gasteiger partial charge >= 0.3 is 6.18 Å². The van der Waals surface area contributed by atoms with Crippen LogP contribution in [0.25, 0.3) is 0 Å². The molecular weight excluding hydrogens is 662 g/mol. The molecule has 0 radical (unpaired) electrons. The third-order valence-corrected chi connectivity index (χ3v) is 9.56.